The van der Waals surface area contributed by atoms with Crippen LogP contribution in [0.2, 0.25) is 5.02 Å². The van der Waals surface area contributed by atoms with E-state index in [9.17, 15) is 19.5 Å². The van der Waals surface area contributed by atoms with Gasteiger partial charge in [0.25, 0.3) is 0 Å². The minimum Gasteiger partial charge on any atom is -0.481 e. The number of likely N-dealkylation sites (tertiary alicyclic amines) is 2. The molecule has 1 aromatic rings. The van der Waals surface area contributed by atoms with E-state index < -0.39 is 11.9 Å². The van der Waals surface area contributed by atoms with E-state index in [0.29, 0.717) is 37.3 Å². The molecule has 3 atom stereocenters. The van der Waals surface area contributed by atoms with Crippen LogP contribution in [0.4, 0.5) is 0 Å². The number of halogens is 1. The summed E-state index contributed by atoms with van der Waals surface area (Å²) in [5.41, 5.74) is 0.998. The Bertz CT molecular complexity index is 736. The van der Waals surface area contributed by atoms with Crippen molar-refractivity contribution in [3.05, 3.63) is 34.9 Å². The topological polar surface area (TPSA) is 77.9 Å². The molecule has 0 aromatic heterocycles. The van der Waals surface area contributed by atoms with Gasteiger partial charge in [0.05, 0.1) is 12.5 Å². The number of benzene rings is 1. The van der Waals surface area contributed by atoms with Crippen molar-refractivity contribution in [3.63, 3.8) is 0 Å². The maximum absolute atomic E-state index is 13.3. The summed E-state index contributed by atoms with van der Waals surface area (Å²) in [4.78, 5) is 40.3. The average Bonchev–Trinajstić information content (AvgIpc) is 3.06. The Morgan fingerprint density at radius 2 is 1.96 bits per heavy atom. The first-order valence-electron chi connectivity index (χ1n) is 9.98. The van der Waals surface area contributed by atoms with E-state index in [1.807, 2.05) is 41.0 Å². The quantitative estimate of drug-likeness (QED) is 0.751. The van der Waals surface area contributed by atoms with Crippen LogP contribution in [0.25, 0.3) is 0 Å². The maximum Gasteiger partial charge on any atom is 0.304 e. The monoisotopic (exact) mass is 406 g/mol. The van der Waals surface area contributed by atoms with Crippen molar-refractivity contribution in [3.8, 4) is 0 Å². The molecule has 1 N–H and O–H groups in total. The van der Waals surface area contributed by atoms with Crippen LogP contribution in [0.1, 0.15) is 57.1 Å². The average molecular weight is 407 g/mol. The lowest BCUT2D eigenvalue weighted by Crippen LogP contribution is -2.53. The fourth-order valence-corrected chi connectivity index (χ4v) is 4.52. The van der Waals surface area contributed by atoms with Crippen LogP contribution < -0.4 is 0 Å². The number of piperidine rings is 1. The molecule has 2 saturated heterocycles. The molecule has 0 saturated carbocycles. The van der Waals surface area contributed by atoms with Crippen LogP contribution >= 0.6 is 11.6 Å². The second-order valence-corrected chi connectivity index (χ2v) is 8.13. The van der Waals surface area contributed by atoms with Crippen molar-refractivity contribution in [2.75, 3.05) is 13.1 Å². The van der Waals surface area contributed by atoms with Crippen molar-refractivity contribution in [1.29, 1.82) is 0 Å². The number of aliphatic carboxylic acids is 1. The molecule has 0 spiro atoms. The summed E-state index contributed by atoms with van der Waals surface area (Å²) in [5, 5.41) is 9.84. The zero-order valence-corrected chi connectivity index (χ0v) is 16.9. The first-order valence-corrected chi connectivity index (χ1v) is 10.4. The molecule has 2 fully saturated rings. The van der Waals surface area contributed by atoms with Crippen LogP contribution in [0.3, 0.4) is 0 Å². The zero-order chi connectivity index (χ0) is 20.3. The number of carbonyl (C=O) groups excluding carboxylic acids is 2. The molecule has 2 aliphatic heterocycles. The summed E-state index contributed by atoms with van der Waals surface area (Å²) in [6.45, 7) is 3.24. The van der Waals surface area contributed by atoms with Gasteiger partial charge in [0, 0.05) is 36.5 Å². The van der Waals surface area contributed by atoms with Crippen molar-refractivity contribution < 1.29 is 19.5 Å². The van der Waals surface area contributed by atoms with Gasteiger partial charge in [-0.15, -0.1) is 0 Å². The van der Waals surface area contributed by atoms with Gasteiger partial charge in [-0.05, 0) is 43.4 Å². The predicted molar refractivity (Wildman–Crippen MR) is 106 cm³/mol. The highest BCUT2D eigenvalue weighted by Crippen LogP contribution is 2.38. The van der Waals surface area contributed by atoms with Gasteiger partial charge in [-0.25, -0.2) is 0 Å². The van der Waals surface area contributed by atoms with Crippen LogP contribution in [0.5, 0.6) is 0 Å². The Labute approximate surface area is 170 Å². The lowest BCUT2D eigenvalue weighted by molar-refractivity contribution is -0.152. The van der Waals surface area contributed by atoms with Gasteiger partial charge >= 0.3 is 5.97 Å². The number of carbonyl (C=O) groups is 3. The summed E-state index contributed by atoms with van der Waals surface area (Å²) in [5.74, 6) is -1.45. The molecule has 152 valence electrons. The number of carboxylic acid groups (broad SMARTS) is 1. The van der Waals surface area contributed by atoms with E-state index in [4.69, 9.17) is 11.6 Å². The van der Waals surface area contributed by atoms with E-state index in [2.05, 4.69) is 0 Å². The summed E-state index contributed by atoms with van der Waals surface area (Å²) in [6, 6.07) is 7.22. The highest BCUT2D eigenvalue weighted by atomic mass is 35.5. The molecule has 1 aromatic carbocycles. The molecule has 0 aliphatic carbocycles. The summed E-state index contributed by atoms with van der Waals surface area (Å²) in [7, 11) is 0. The van der Waals surface area contributed by atoms with Crippen molar-refractivity contribution in [1.82, 2.24) is 9.80 Å². The van der Waals surface area contributed by atoms with Crippen molar-refractivity contribution >= 4 is 29.4 Å². The smallest absolute Gasteiger partial charge is 0.304 e. The molecule has 3 rings (SSSR count). The number of hydrogen-bond donors (Lipinski definition) is 1. The minimum absolute atomic E-state index is 0.118. The van der Waals surface area contributed by atoms with Gasteiger partial charge in [-0.3, -0.25) is 14.4 Å². The molecule has 0 bridgehead atoms. The third-order valence-electron chi connectivity index (χ3n) is 5.87. The fraction of sp³-hybridized carbons (Fsp3) is 0.571. The standard InChI is InChI=1S/C21H27ClN2O4/c1-2-17(13-23-11-3-4-19(23)25)24-18(14-5-8-16(22)9-6-14)10-7-15(21(24)28)12-20(26)27/h5-6,8-9,15,17-18H,2-4,7,10-13H2,1H3,(H,26,27)/t15?,17-,18?/m0/s1. The number of carboxylic acids is 1. The van der Waals surface area contributed by atoms with Crippen LogP contribution in [0, 0.1) is 5.92 Å². The Kier molecular flexibility index (Phi) is 6.60. The van der Waals surface area contributed by atoms with Gasteiger partial charge < -0.3 is 14.9 Å². The minimum atomic E-state index is -0.953. The van der Waals surface area contributed by atoms with Crippen LogP contribution in [0.15, 0.2) is 24.3 Å². The van der Waals surface area contributed by atoms with Crippen molar-refractivity contribution in [2.45, 2.75) is 57.5 Å². The van der Waals surface area contributed by atoms with Crippen LogP contribution in [-0.2, 0) is 14.4 Å². The van der Waals surface area contributed by atoms with Gasteiger partial charge in [0.15, 0.2) is 0 Å². The van der Waals surface area contributed by atoms with Gasteiger partial charge in [0.1, 0.15) is 0 Å². The summed E-state index contributed by atoms with van der Waals surface area (Å²) in [6.07, 6.45) is 3.23. The second kappa shape index (κ2) is 8.95. The lowest BCUT2D eigenvalue weighted by atomic mass is 9.85. The fourth-order valence-electron chi connectivity index (χ4n) is 4.40. The predicted octanol–water partition coefficient (Wildman–Crippen LogP) is 3.50. The molecule has 2 amide bonds. The van der Waals surface area contributed by atoms with E-state index in [-0.39, 0.29) is 30.3 Å². The molecular formula is C21H27ClN2O4. The van der Waals surface area contributed by atoms with E-state index >= 15 is 0 Å². The van der Waals surface area contributed by atoms with E-state index in [1.165, 1.54) is 0 Å². The first-order chi connectivity index (χ1) is 13.4. The second-order valence-electron chi connectivity index (χ2n) is 7.69. The number of hydrogen-bond acceptors (Lipinski definition) is 3. The molecular weight excluding hydrogens is 380 g/mol. The van der Waals surface area contributed by atoms with Crippen molar-refractivity contribution in [2.24, 2.45) is 5.92 Å². The molecule has 7 heteroatoms. The largest absolute Gasteiger partial charge is 0.481 e. The summed E-state index contributed by atoms with van der Waals surface area (Å²) >= 11 is 6.03. The van der Waals surface area contributed by atoms with E-state index in [1.54, 1.807) is 0 Å². The molecule has 28 heavy (non-hydrogen) atoms. The molecule has 2 heterocycles. The maximum atomic E-state index is 13.3. The SMILES string of the molecule is CC[C@@H](CN1CCCC1=O)N1C(=O)C(CC(=O)O)CCC1c1ccc(Cl)cc1. The zero-order valence-electron chi connectivity index (χ0n) is 16.1. The summed E-state index contributed by atoms with van der Waals surface area (Å²) < 4.78 is 0. The first kappa shape index (κ1) is 20.6. The Morgan fingerprint density at radius 1 is 1.25 bits per heavy atom. The molecule has 2 aliphatic rings. The highest BCUT2D eigenvalue weighted by molar-refractivity contribution is 6.30. The Hall–Kier alpha value is -2.08. The van der Waals surface area contributed by atoms with Crippen LogP contribution in [-0.4, -0.2) is 51.8 Å². The highest BCUT2D eigenvalue weighted by Gasteiger charge is 2.41. The molecule has 2 unspecified atom stereocenters. The normalized spacial score (nSPS) is 23.9. The lowest BCUT2D eigenvalue weighted by Gasteiger charge is -2.45. The molecule has 6 nitrogen and oxygen atoms in total. The van der Waals surface area contributed by atoms with Gasteiger partial charge in [0.2, 0.25) is 11.8 Å². The third-order valence-corrected chi connectivity index (χ3v) is 6.12. The van der Waals surface area contributed by atoms with Gasteiger partial charge in [-0.1, -0.05) is 30.7 Å². The van der Waals surface area contributed by atoms with Gasteiger partial charge in [-0.2, -0.15) is 0 Å². The number of rotatable bonds is 7. The Morgan fingerprint density at radius 3 is 2.54 bits per heavy atom. The Balaban J connectivity index is 1.89. The third kappa shape index (κ3) is 4.49. The molecule has 0 radical (unpaired) electrons. The number of nitrogens with zero attached hydrogens (tertiary/aromatic N) is 2. The number of amides is 2. The van der Waals surface area contributed by atoms with E-state index in [0.717, 1.165) is 18.5 Å².